The fraction of sp³-hybridized carbons (Fsp3) is 0.455. The standard InChI is InChI=1S/C11H15ClN2O2S/c1-8-2-3-11(10(12)6-8)17(15,16)14-5-4-9(13)7-14/h2-3,6,9H,4-5,7,13H2,1H3. The highest BCUT2D eigenvalue weighted by Crippen LogP contribution is 2.27. The predicted molar refractivity (Wildman–Crippen MR) is 67.5 cm³/mol. The van der Waals surface area contributed by atoms with Crippen LogP contribution in [0.5, 0.6) is 0 Å². The predicted octanol–water partition coefficient (Wildman–Crippen LogP) is 1.37. The molecule has 0 bridgehead atoms. The number of nitrogens with zero attached hydrogens (tertiary/aromatic N) is 1. The summed E-state index contributed by atoms with van der Waals surface area (Å²) >= 11 is 5.99. The second-order valence-electron chi connectivity index (χ2n) is 4.35. The van der Waals surface area contributed by atoms with Crippen LogP contribution in [0.1, 0.15) is 12.0 Å². The van der Waals surface area contributed by atoms with E-state index in [0.29, 0.717) is 19.5 Å². The van der Waals surface area contributed by atoms with Crippen LogP contribution in [0.15, 0.2) is 23.1 Å². The smallest absolute Gasteiger partial charge is 0.244 e. The molecule has 1 aliphatic heterocycles. The van der Waals surface area contributed by atoms with Gasteiger partial charge in [0.05, 0.1) is 5.02 Å². The number of halogens is 1. The number of nitrogens with two attached hydrogens (primary N) is 1. The van der Waals surface area contributed by atoms with Gasteiger partial charge in [-0.2, -0.15) is 4.31 Å². The third kappa shape index (κ3) is 2.47. The quantitative estimate of drug-likeness (QED) is 0.886. The molecule has 1 aromatic carbocycles. The third-order valence-electron chi connectivity index (χ3n) is 2.89. The lowest BCUT2D eigenvalue weighted by Gasteiger charge is -2.17. The molecule has 0 aromatic heterocycles. The SMILES string of the molecule is Cc1ccc(S(=O)(=O)N2CCC(N)C2)c(Cl)c1. The first-order chi connectivity index (χ1) is 7.91. The first-order valence-electron chi connectivity index (χ1n) is 5.43. The lowest BCUT2D eigenvalue weighted by atomic mass is 10.2. The highest BCUT2D eigenvalue weighted by atomic mass is 35.5. The summed E-state index contributed by atoms with van der Waals surface area (Å²) in [5.74, 6) is 0. The molecule has 1 saturated heterocycles. The van der Waals surface area contributed by atoms with E-state index >= 15 is 0 Å². The lowest BCUT2D eigenvalue weighted by Crippen LogP contribution is -2.32. The fourth-order valence-corrected chi connectivity index (χ4v) is 4.01. The molecule has 0 radical (unpaired) electrons. The molecule has 6 heteroatoms. The van der Waals surface area contributed by atoms with Gasteiger partial charge in [-0.15, -0.1) is 0 Å². The van der Waals surface area contributed by atoms with Gasteiger partial charge in [0, 0.05) is 19.1 Å². The summed E-state index contributed by atoms with van der Waals surface area (Å²) in [7, 11) is -3.50. The Hall–Kier alpha value is -0.620. The van der Waals surface area contributed by atoms with Gasteiger partial charge in [0.1, 0.15) is 4.90 Å². The Morgan fingerprint density at radius 3 is 2.71 bits per heavy atom. The Balaban J connectivity index is 2.38. The molecule has 4 nitrogen and oxygen atoms in total. The molecular weight excluding hydrogens is 260 g/mol. The third-order valence-corrected chi connectivity index (χ3v) is 5.24. The van der Waals surface area contributed by atoms with Crippen molar-refractivity contribution in [2.24, 2.45) is 5.73 Å². The molecule has 0 spiro atoms. The van der Waals surface area contributed by atoms with E-state index in [1.54, 1.807) is 18.2 Å². The van der Waals surface area contributed by atoms with E-state index in [1.165, 1.54) is 4.31 Å². The van der Waals surface area contributed by atoms with Crippen molar-refractivity contribution in [1.82, 2.24) is 4.31 Å². The topological polar surface area (TPSA) is 63.4 Å². The maximum Gasteiger partial charge on any atom is 0.244 e. The summed E-state index contributed by atoms with van der Waals surface area (Å²) in [6, 6.07) is 4.88. The molecule has 17 heavy (non-hydrogen) atoms. The van der Waals surface area contributed by atoms with Crippen LogP contribution in [-0.4, -0.2) is 31.9 Å². The van der Waals surface area contributed by atoms with Crippen LogP contribution in [0, 0.1) is 6.92 Å². The number of sulfonamides is 1. The van der Waals surface area contributed by atoms with Crippen molar-refractivity contribution in [1.29, 1.82) is 0 Å². The normalized spacial score (nSPS) is 21.9. The van der Waals surface area contributed by atoms with Crippen molar-refractivity contribution in [3.8, 4) is 0 Å². The molecule has 0 saturated carbocycles. The largest absolute Gasteiger partial charge is 0.326 e. The van der Waals surface area contributed by atoms with E-state index in [9.17, 15) is 8.42 Å². The van der Waals surface area contributed by atoms with E-state index in [0.717, 1.165) is 5.56 Å². The maximum absolute atomic E-state index is 12.3. The van der Waals surface area contributed by atoms with Crippen LogP contribution >= 0.6 is 11.6 Å². The molecular formula is C11H15ClN2O2S. The Morgan fingerprint density at radius 2 is 2.18 bits per heavy atom. The molecule has 1 aromatic rings. The molecule has 94 valence electrons. The monoisotopic (exact) mass is 274 g/mol. The van der Waals surface area contributed by atoms with Gasteiger partial charge < -0.3 is 5.73 Å². The molecule has 1 unspecified atom stereocenters. The first-order valence-corrected chi connectivity index (χ1v) is 7.25. The van der Waals surface area contributed by atoms with Crippen LogP contribution in [0.2, 0.25) is 5.02 Å². The second-order valence-corrected chi connectivity index (χ2v) is 6.66. The Labute approximate surface area is 106 Å². The van der Waals surface area contributed by atoms with Gasteiger partial charge in [-0.1, -0.05) is 17.7 Å². The van der Waals surface area contributed by atoms with E-state index in [2.05, 4.69) is 0 Å². The highest BCUT2D eigenvalue weighted by molar-refractivity contribution is 7.89. The van der Waals surface area contributed by atoms with Crippen molar-refractivity contribution in [3.05, 3.63) is 28.8 Å². The minimum absolute atomic E-state index is 0.0750. The van der Waals surface area contributed by atoms with Gasteiger partial charge in [0.25, 0.3) is 0 Å². The van der Waals surface area contributed by atoms with Crippen molar-refractivity contribution in [2.45, 2.75) is 24.3 Å². The summed E-state index contributed by atoms with van der Waals surface area (Å²) in [6.07, 6.45) is 0.697. The Morgan fingerprint density at radius 1 is 1.47 bits per heavy atom. The van der Waals surface area contributed by atoms with Crippen LogP contribution in [0.25, 0.3) is 0 Å². The van der Waals surface area contributed by atoms with Crippen LogP contribution in [0.4, 0.5) is 0 Å². The van der Waals surface area contributed by atoms with Crippen molar-refractivity contribution < 1.29 is 8.42 Å². The van der Waals surface area contributed by atoms with Crippen LogP contribution < -0.4 is 5.73 Å². The van der Waals surface area contributed by atoms with Crippen molar-refractivity contribution >= 4 is 21.6 Å². The number of benzene rings is 1. The number of rotatable bonds is 2. The zero-order valence-corrected chi connectivity index (χ0v) is 11.1. The summed E-state index contributed by atoms with van der Waals surface area (Å²) in [5, 5.41) is 0.269. The lowest BCUT2D eigenvalue weighted by molar-refractivity contribution is 0.472. The molecule has 1 aliphatic rings. The number of hydrogen-bond acceptors (Lipinski definition) is 3. The van der Waals surface area contributed by atoms with Crippen LogP contribution in [0.3, 0.4) is 0 Å². The minimum atomic E-state index is -3.50. The summed E-state index contributed by atoms with van der Waals surface area (Å²) in [5.41, 5.74) is 6.66. The maximum atomic E-state index is 12.3. The molecule has 1 atom stereocenters. The molecule has 0 amide bonds. The Bertz CT molecular complexity index is 530. The average Bonchev–Trinajstić information content (AvgIpc) is 2.64. The van der Waals surface area contributed by atoms with Gasteiger partial charge >= 0.3 is 0 Å². The number of aryl methyl sites for hydroxylation is 1. The average molecular weight is 275 g/mol. The molecule has 2 N–H and O–H groups in total. The number of hydrogen-bond donors (Lipinski definition) is 1. The minimum Gasteiger partial charge on any atom is -0.326 e. The zero-order chi connectivity index (χ0) is 12.6. The van der Waals surface area contributed by atoms with Gasteiger partial charge in [0.2, 0.25) is 10.0 Å². The molecule has 1 heterocycles. The fourth-order valence-electron chi connectivity index (χ4n) is 1.93. The van der Waals surface area contributed by atoms with E-state index in [1.807, 2.05) is 6.92 Å². The van der Waals surface area contributed by atoms with Gasteiger partial charge in [-0.3, -0.25) is 0 Å². The Kier molecular flexibility index (Phi) is 3.45. The van der Waals surface area contributed by atoms with Crippen molar-refractivity contribution in [2.75, 3.05) is 13.1 Å². The van der Waals surface area contributed by atoms with Gasteiger partial charge in [-0.05, 0) is 31.0 Å². The first kappa shape index (κ1) is 12.8. The van der Waals surface area contributed by atoms with E-state index < -0.39 is 10.0 Å². The highest BCUT2D eigenvalue weighted by Gasteiger charge is 2.32. The second kappa shape index (κ2) is 4.57. The molecule has 2 rings (SSSR count). The molecule has 1 fully saturated rings. The van der Waals surface area contributed by atoms with Crippen LogP contribution in [-0.2, 0) is 10.0 Å². The van der Waals surface area contributed by atoms with Gasteiger partial charge in [-0.25, -0.2) is 8.42 Å². The summed E-state index contributed by atoms with van der Waals surface area (Å²) < 4.78 is 26.0. The summed E-state index contributed by atoms with van der Waals surface area (Å²) in [6.45, 7) is 2.70. The van der Waals surface area contributed by atoms with Crippen molar-refractivity contribution in [3.63, 3.8) is 0 Å². The summed E-state index contributed by atoms with van der Waals surface area (Å²) in [4.78, 5) is 0.166. The van der Waals surface area contributed by atoms with E-state index in [-0.39, 0.29) is 16.0 Å². The molecule has 0 aliphatic carbocycles. The van der Waals surface area contributed by atoms with Gasteiger partial charge in [0.15, 0.2) is 0 Å². The van der Waals surface area contributed by atoms with E-state index in [4.69, 9.17) is 17.3 Å². The zero-order valence-electron chi connectivity index (χ0n) is 9.56.